The van der Waals surface area contributed by atoms with E-state index in [0.29, 0.717) is 13.1 Å². The van der Waals surface area contributed by atoms with Gasteiger partial charge in [0.25, 0.3) is 0 Å². The Hall–Kier alpha value is -2.60. The molecule has 0 unspecified atom stereocenters. The standard InChI is InChI=1S/C17H17N3O2S/c21-17(22-12-14-4-2-1-3-5-14)18-8-10-20-9-6-16(19-20)15-7-11-23-13-15/h1-7,9,11,13H,8,10,12H2,(H,18,21). The summed E-state index contributed by atoms with van der Waals surface area (Å²) in [6.45, 7) is 1.35. The minimum atomic E-state index is -0.418. The van der Waals surface area contributed by atoms with Crippen LogP contribution in [-0.2, 0) is 17.9 Å². The molecule has 0 fully saturated rings. The van der Waals surface area contributed by atoms with Crippen molar-refractivity contribution in [2.24, 2.45) is 0 Å². The maximum atomic E-state index is 11.6. The first-order valence-corrected chi connectivity index (χ1v) is 8.26. The molecule has 1 amide bonds. The molecule has 118 valence electrons. The van der Waals surface area contributed by atoms with E-state index in [-0.39, 0.29) is 6.61 Å². The van der Waals surface area contributed by atoms with Crippen LogP contribution in [0.3, 0.4) is 0 Å². The second-order valence-corrected chi connectivity index (χ2v) is 5.74. The molecule has 0 aliphatic carbocycles. The largest absolute Gasteiger partial charge is 0.445 e. The number of hydrogen-bond donors (Lipinski definition) is 1. The summed E-state index contributed by atoms with van der Waals surface area (Å²) >= 11 is 1.65. The minimum Gasteiger partial charge on any atom is -0.445 e. The number of thiophene rings is 1. The molecule has 0 saturated carbocycles. The first-order valence-electron chi connectivity index (χ1n) is 7.32. The second-order valence-electron chi connectivity index (χ2n) is 4.96. The number of rotatable bonds is 6. The Morgan fingerprint density at radius 3 is 2.87 bits per heavy atom. The minimum absolute atomic E-state index is 0.275. The van der Waals surface area contributed by atoms with Gasteiger partial charge in [-0.25, -0.2) is 4.79 Å². The van der Waals surface area contributed by atoms with Gasteiger partial charge in [0.15, 0.2) is 0 Å². The SMILES string of the molecule is O=C(NCCn1ccc(-c2ccsc2)n1)OCc1ccccc1. The fraction of sp³-hybridized carbons (Fsp3) is 0.176. The summed E-state index contributed by atoms with van der Waals surface area (Å²) in [5, 5.41) is 11.3. The van der Waals surface area contributed by atoms with Crippen molar-refractivity contribution in [3.63, 3.8) is 0 Å². The van der Waals surface area contributed by atoms with Crippen LogP contribution in [0.25, 0.3) is 11.3 Å². The molecule has 5 nitrogen and oxygen atoms in total. The second kappa shape index (κ2) is 7.60. The van der Waals surface area contributed by atoms with Gasteiger partial charge in [0.1, 0.15) is 6.61 Å². The van der Waals surface area contributed by atoms with Crippen LogP contribution in [0.4, 0.5) is 4.79 Å². The van der Waals surface area contributed by atoms with Crippen molar-refractivity contribution in [3.8, 4) is 11.3 Å². The van der Waals surface area contributed by atoms with Gasteiger partial charge in [-0.15, -0.1) is 0 Å². The van der Waals surface area contributed by atoms with Crippen molar-refractivity contribution in [1.82, 2.24) is 15.1 Å². The highest BCUT2D eigenvalue weighted by Crippen LogP contribution is 2.19. The van der Waals surface area contributed by atoms with Crippen LogP contribution in [-0.4, -0.2) is 22.4 Å². The number of nitrogens with one attached hydrogen (secondary N) is 1. The van der Waals surface area contributed by atoms with Crippen LogP contribution >= 0.6 is 11.3 Å². The molecule has 1 aromatic carbocycles. The number of benzene rings is 1. The number of hydrogen-bond acceptors (Lipinski definition) is 4. The van der Waals surface area contributed by atoms with Gasteiger partial charge in [0.05, 0.1) is 12.2 Å². The van der Waals surface area contributed by atoms with E-state index in [2.05, 4.69) is 15.8 Å². The third kappa shape index (κ3) is 4.43. The third-order valence-electron chi connectivity index (χ3n) is 3.28. The average molecular weight is 327 g/mol. The number of carbonyl (C=O) groups is 1. The van der Waals surface area contributed by atoms with Gasteiger partial charge in [-0.3, -0.25) is 4.68 Å². The number of carbonyl (C=O) groups excluding carboxylic acids is 1. The molecule has 6 heteroatoms. The first kappa shape index (κ1) is 15.3. The lowest BCUT2D eigenvalue weighted by Crippen LogP contribution is -2.27. The highest BCUT2D eigenvalue weighted by atomic mass is 32.1. The van der Waals surface area contributed by atoms with E-state index in [9.17, 15) is 4.79 Å². The van der Waals surface area contributed by atoms with E-state index in [1.807, 2.05) is 58.7 Å². The molecule has 2 aromatic heterocycles. The molecule has 0 aliphatic rings. The number of ether oxygens (including phenoxy) is 1. The van der Waals surface area contributed by atoms with Gasteiger partial charge in [-0.2, -0.15) is 16.4 Å². The number of aromatic nitrogens is 2. The van der Waals surface area contributed by atoms with E-state index in [0.717, 1.165) is 16.8 Å². The summed E-state index contributed by atoms with van der Waals surface area (Å²) in [6.07, 6.45) is 1.49. The molecule has 1 N–H and O–H groups in total. The topological polar surface area (TPSA) is 56.2 Å². The molecule has 0 aliphatic heterocycles. The molecule has 0 spiro atoms. The van der Waals surface area contributed by atoms with Crippen molar-refractivity contribution in [2.75, 3.05) is 6.54 Å². The van der Waals surface area contributed by atoms with Crippen molar-refractivity contribution < 1.29 is 9.53 Å². The van der Waals surface area contributed by atoms with Gasteiger partial charge in [0, 0.05) is 23.7 Å². The summed E-state index contributed by atoms with van der Waals surface area (Å²) in [5.74, 6) is 0. The fourth-order valence-electron chi connectivity index (χ4n) is 2.10. The third-order valence-corrected chi connectivity index (χ3v) is 3.96. The molecule has 2 heterocycles. The Labute approximate surface area is 138 Å². The quantitative estimate of drug-likeness (QED) is 0.753. The highest BCUT2D eigenvalue weighted by molar-refractivity contribution is 7.08. The van der Waals surface area contributed by atoms with Gasteiger partial charge >= 0.3 is 6.09 Å². The molecule has 3 rings (SSSR count). The highest BCUT2D eigenvalue weighted by Gasteiger charge is 2.04. The summed E-state index contributed by atoms with van der Waals surface area (Å²) in [7, 11) is 0. The zero-order chi connectivity index (χ0) is 15.9. The van der Waals surface area contributed by atoms with Crippen molar-refractivity contribution >= 4 is 17.4 Å². The Kier molecular flexibility index (Phi) is 5.06. The number of amides is 1. The zero-order valence-electron chi connectivity index (χ0n) is 12.5. The van der Waals surface area contributed by atoms with Crippen molar-refractivity contribution in [1.29, 1.82) is 0 Å². The van der Waals surface area contributed by atoms with Crippen LogP contribution in [0, 0.1) is 0 Å². The van der Waals surface area contributed by atoms with Crippen LogP contribution < -0.4 is 5.32 Å². The van der Waals surface area contributed by atoms with E-state index < -0.39 is 6.09 Å². The molecular weight excluding hydrogens is 310 g/mol. The molecule has 0 atom stereocenters. The maximum Gasteiger partial charge on any atom is 0.407 e. The summed E-state index contributed by atoms with van der Waals surface area (Å²) < 4.78 is 6.96. The number of alkyl carbamates (subject to hydrolysis) is 1. The number of nitrogens with zero attached hydrogens (tertiary/aromatic N) is 2. The Bertz CT molecular complexity index is 738. The van der Waals surface area contributed by atoms with E-state index in [4.69, 9.17) is 4.74 Å². The van der Waals surface area contributed by atoms with Crippen LogP contribution in [0.2, 0.25) is 0 Å². The molecule has 23 heavy (non-hydrogen) atoms. The molecule has 0 saturated heterocycles. The van der Waals surface area contributed by atoms with Gasteiger partial charge < -0.3 is 10.1 Å². The molecule has 3 aromatic rings. The maximum absolute atomic E-state index is 11.6. The smallest absolute Gasteiger partial charge is 0.407 e. The lowest BCUT2D eigenvalue weighted by Gasteiger charge is -2.07. The predicted molar refractivity (Wildman–Crippen MR) is 90.2 cm³/mol. The Balaban J connectivity index is 1.40. The molecular formula is C17H17N3O2S. The van der Waals surface area contributed by atoms with E-state index in [1.54, 1.807) is 11.3 Å². The van der Waals surface area contributed by atoms with Gasteiger partial charge in [-0.1, -0.05) is 30.3 Å². The lowest BCUT2D eigenvalue weighted by atomic mass is 10.2. The molecule has 0 radical (unpaired) electrons. The van der Waals surface area contributed by atoms with Crippen LogP contribution in [0.15, 0.2) is 59.4 Å². The van der Waals surface area contributed by atoms with Crippen LogP contribution in [0.5, 0.6) is 0 Å². The normalized spacial score (nSPS) is 10.4. The van der Waals surface area contributed by atoms with Gasteiger partial charge in [-0.05, 0) is 23.1 Å². The van der Waals surface area contributed by atoms with Crippen LogP contribution in [0.1, 0.15) is 5.56 Å². The first-order chi connectivity index (χ1) is 11.3. The fourth-order valence-corrected chi connectivity index (χ4v) is 2.75. The Morgan fingerprint density at radius 2 is 2.09 bits per heavy atom. The van der Waals surface area contributed by atoms with Crippen molar-refractivity contribution in [3.05, 3.63) is 65.0 Å². The Morgan fingerprint density at radius 1 is 1.22 bits per heavy atom. The monoisotopic (exact) mass is 327 g/mol. The summed E-state index contributed by atoms with van der Waals surface area (Å²) in [6, 6.07) is 13.6. The summed E-state index contributed by atoms with van der Waals surface area (Å²) in [5.41, 5.74) is 3.03. The van der Waals surface area contributed by atoms with Crippen molar-refractivity contribution in [2.45, 2.75) is 13.2 Å². The summed E-state index contributed by atoms with van der Waals surface area (Å²) in [4.78, 5) is 11.6. The van der Waals surface area contributed by atoms with E-state index in [1.165, 1.54) is 0 Å². The predicted octanol–water partition coefficient (Wildman–Crippen LogP) is 3.54. The van der Waals surface area contributed by atoms with E-state index >= 15 is 0 Å². The average Bonchev–Trinajstić information content (AvgIpc) is 3.25. The molecule has 0 bridgehead atoms. The van der Waals surface area contributed by atoms with Gasteiger partial charge in [0.2, 0.25) is 0 Å². The zero-order valence-corrected chi connectivity index (χ0v) is 13.3. The lowest BCUT2D eigenvalue weighted by molar-refractivity contribution is 0.139.